The molecular weight excluding hydrogens is 232 g/mol. The van der Waals surface area contributed by atoms with E-state index < -0.39 is 0 Å². The van der Waals surface area contributed by atoms with Gasteiger partial charge in [-0.05, 0) is 17.5 Å². The quantitative estimate of drug-likeness (QED) is 0.774. The number of hydrogen-bond donors (Lipinski definition) is 0. The van der Waals surface area contributed by atoms with Crippen LogP contribution in [0.25, 0.3) is 11.4 Å². The van der Waals surface area contributed by atoms with E-state index in [1.165, 1.54) is 0 Å². The molecule has 0 atom stereocenters. The van der Waals surface area contributed by atoms with Crippen molar-refractivity contribution in [3.05, 3.63) is 33.7 Å². The van der Waals surface area contributed by atoms with Gasteiger partial charge in [-0.1, -0.05) is 11.6 Å². The molecule has 3 nitrogen and oxygen atoms in total. The Morgan fingerprint density at radius 3 is 3.00 bits per heavy atom. The molecule has 2 aromatic heterocycles. The van der Waals surface area contributed by atoms with E-state index in [1.54, 1.807) is 24.5 Å². The zero-order valence-corrected chi connectivity index (χ0v) is 9.68. The predicted octanol–water partition coefficient (Wildman–Crippen LogP) is 3.00. The second-order valence-corrected chi connectivity index (χ2v) is 4.12. The molecular formula is C10H9ClN2OS. The molecule has 0 aliphatic heterocycles. The molecule has 0 aromatic carbocycles. The predicted molar refractivity (Wildman–Crippen MR) is 61.1 cm³/mol. The highest BCUT2D eigenvalue weighted by atomic mass is 35.5. The van der Waals surface area contributed by atoms with Gasteiger partial charge in [0, 0.05) is 18.1 Å². The van der Waals surface area contributed by atoms with E-state index in [0.717, 1.165) is 11.3 Å². The summed E-state index contributed by atoms with van der Waals surface area (Å²) in [6, 6.07) is 3.67. The van der Waals surface area contributed by atoms with Gasteiger partial charge in [0.1, 0.15) is 5.15 Å². The molecule has 0 saturated heterocycles. The maximum absolute atomic E-state index is 5.90. The van der Waals surface area contributed by atoms with Crippen LogP contribution in [0, 0.1) is 0 Å². The Labute approximate surface area is 96.7 Å². The fourth-order valence-corrected chi connectivity index (χ4v) is 2.05. The van der Waals surface area contributed by atoms with Gasteiger partial charge >= 0.3 is 0 Å². The summed E-state index contributed by atoms with van der Waals surface area (Å²) in [5.74, 6) is 0.649. The lowest BCUT2D eigenvalue weighted by Crippen LogP contribution is -1.96. The van der Waals surface area contributed by atoms with Gasteiger partial charge in [-0.15, -0.1) is 0 Å². The van der Waals surface area contributed by atoms with Crippen LogP contribution in [0.5, 0.6) is 0 Å². The zero-order valence-electron chi connectivity index (χ0n) is 8.11. The van der Waals surface area contributed by atoms with Crippen LogP contribution in [-0.2, 0) is 11.3 Å². The van der Waals surface area contributed by atoms with Gasteiger partial charge in [-0.3, -0.25) is 0 Å². The Morgan fingerprint density at radius 2 is 2.33 bits per heavy atom. The third-order valence-electron chi connectivity index (χ3n) is 1.82. The number of hydrogen-bond acceptors (Lipinski definition) is 4. The van der Waals surface area contributed by atoms with Gasteiger partial charge < -0.3 is 4.74 Å². The molecule has 15 heavy (non-hydrogen) atoms. The van der Waals surface area contributed by atoms with E-state index in [-0.39, 0.29) is 0 Å². The van der Waals surface area contributed by atoms with Crippen molar-refractivity contribution in [2.24, 2.45) is 0 Å². The second-order valence-electron chi connectivity index (χ2n) is 2.95. The average Bonchev–Trinajstić information content (AvgIpc) is 2.70. The summed E-state index contributed by atoms with van der Waals surface area (Å²) >= 11 is 7.50. The molecule has 0 N–H and O–H groups in total. The topological polar surface area (TPSA) is 35.0 Å². The molecule has 2 aromatic rings. The van der Waals surface area contributed by atoms with E-state index in [2.05, 4.69) is 9.97 Å². The first-order chi connectivity index (χ1) is 7.29. The molecule has 78 valence electrons. The normalized spacial score (nSPS) is 10.5. The van der Waals surface area contributed by atoms with Crippen molar-refractivity contribution in [2.45, 2.75) is 6.61 Å². The van der Waals surface area contributed by atoms with Crippen molar-refractivity contribution in [2.75, 3.05) is 7.11 Å². The fourth-order valence-electron chi connectivity index (χ4n) is 1.21. The summed E-state index contributed by atoms with van der Waals surface area (Å²) in [7, 11) is 1.63. The van der Waals surface area contributed by atoms with Crippen LogP contribution in [-0.4, -0.2) is 17.1 Å². The molecule has 0 spiro atoms. The molecule has 0 aliphatic carbocycles. The smallest absolute Gasteiger partial charge is 0.162 e. The number of rotatable bonds is 3. The highest BCUT2D eigenvalue weighted by molar-refractivity contribution is 7.08. The van der Waals surface area contributed by atoms with Gasteiger partial charge in [-0.2, -0.15) is 11.3 Å². The van der Waals surface area contributed by atoms with Crippen LogP contribution in [0.1, 0.15) is 5.69 Å². The summed E-state index contributed by atoms with van der Waals surface area (Å²) in [5, 5.41) is 4.41. The fraction of sp³-hybridized carbons (Fsp3) is 0.200. The van der Waals surface area contributed by atoms with Gasteiger partial charge in [0.2, 0.25) is 0 Å². The molecule has 0 saturated carbocycles. The Bertz CT molecular complexity index is 445. The Kier molecular flexibility index (Phi) is 3.30. The molecule has 0 unspecified atom stereocenters. The van der Waals surface area contributed by atoms with Crippen LogP contribution in [0.3, 0.4) is 0 Å². The first-order valence-electron chi connectivity index (χ1n) is 4.34. The largest absolute Gasteiger partial charge is 0.378 e. The Morgan fingerprint density at radius 1 is 1.47 bits per heavy atom. The third-order valence-corrected chi connectivity index (χ3v) is 2.70. The van der Waals surface area contributed by atoms with Gasteiger partial charge in [-0.25, -0.2) is 9.97 Å². The number of methoxy groups -OCH3 is 1. The van der Waals surface area contributed by atoms with Crippen molar-refractivity contribution in [3.63, 3.8) is 0 Å². The first-order valence-corrected chi connectivity index (χ1v) is 5.66. The number of aromatic nitrogens is 2. The molecule has 0 fully saturated rings. The van der Waals surface area contributed by atoms with Crippen LogP contribution in [0.15, 0.2) is 22.9 Å². The number of thiophene rings is 1. The maximum atomic E-state index is 5.90. The van der Waals surface area contributed by atoms with E-state index in [0.29, 0.717) is 17.6 Å². The summed E-state index contributed by atoms with van der Waals surface area (Å²) in [5.41, 5.74) is 1.78. The molecule has 0 bridgehead atoms. The van der Waals surface area contributed by atoms with E-state index in [1.807, 2.05) is 16.8 Å². The SMILES string of the molecule is COCc1cc(Cl)nc(-c2ccsc2)n1. The van der Waals surface area contributed by atoms with Crippen molar-refractivity contribution in [1.82, 2.24) is 9.97 Å². The molecule has 2 heterocycles. The first kappa shape index (κ1) is 10.5. The zero-order chi connectivity index (χ0) is 10.7. The Hall–Kier alpha value is -0.970. The van der Waals surface area contributed by atoms with Gasteiger partial charge in [0.05, 0.1) is 12.3 Å². The number of nitrogens with zero attached hydrogens (tertiary/aromatic N) is 2. The summed E-state index contributed by atoms with van der Waals surface area (Å²) in [6.45, 7) is 0.444. The number of halogens is 1. The monoisotopic (exact) mass is 240 g/mol. The number of ether oxygens (including phenoxy) is 1. The lowest BCUT2D eigenvalue weighted by molar-refractivity contribution is 0.181. The highest BCUT2D eigenvalue weighted by Gasteiger charge is 2.05. The molecule has 2 rings (SSSR count). The minimum Gasteiger partial charge on any atom is -0.378 e. The standard InChI is InChI=1S/C10H9ClN2OS/c1-14-5-8-4-9(11)13-10(12-8)7-2-3-15-6-7/h2-4,6H,5H2,1H3. The van der Waals surface area contributed by atoms with Gasteiger partial charge in [0.25, 0.3) is 0 Å². The highest BCUT2D eigenvalue weighted by Crippen LogP contribution is 2.20. The van der Waals surface area contributed by atoms with Crippen molar-refractivity contribution >= 4 is 22.9 Å². The molecule has 0 aliphatic rings. The van der Waals surface area contributed by atoms with E-state index in [9.17, 15) is 0 Å². The molecule has 0 radical (unpaired) electrons. The maximum Gasteiger partial charge on any atom is 0.162 e. The van der Waals surface area contributed by atoms with E-state index >= 15 is 0 Å². The third kappa shape index (κ3) is 2.53. The van der Waals surface area contributed by atoms with E-state index in [4.69, 9.17) is 16.3 Å². The second kappa shape index (κ2) is 4.70. The van der Waals surface area contributed by atoms with Crippen molar-refractivity contribution < 1.29 is 4.74 Å². The van der Waals surface area contributed by atoms with Crippen LogP contribution < -0.4 is 0 Å². The Balaban J connectivity index is 2.40. The summed E-state index contributed by atoms with van der Waals surface area (Å²) in [6.07, 6.45) is 0. The van der Waals surface area contributed by atoms with Crippen LogP contribution >= 0.6 is 22.9 Å². The van der Waals surface area contributed by atoms with Crippen molar-refractivity contribution in [1.29, 1.82) is 0 Å². The minimum absolute atomic E-state index is 0.443. The summed E-state index contributed by atoms with van der Waals surface area (Å²) < 4.78 is 5.01. The molecule has 0 amide bonds. The average molecular weight is 241 g/mol. The van der Waals surface area contributed by atoms with Crippen LogP contribution in [0.4, 0.5) is 0 Å². The van der Waals surface area contributed by atoms with Crippen LogP contribution in [0.2, 0.25) is 5.15 Å². The minimum atomic E-state index is 0.443. The van der Waals surface area contributed by atoms with Crippen molar-refractivity contribution in [3.8, 4) is 11.4 Å². The lowest BCUT2D eigenvalue weighted by atomic mass is 10.3. The lowest BCUT2D eigenvalue weighted by Gasteiger charge is -2.02. The molecule has 5 heteroatoms. The summed E-state index contributed by atoms with van der Waals surface area (Å²) in [4.78, 5) is 8.52. The van der Waals surface area contributed by atoms with Gasteiger partial charge in [0.15, 0.2) is 5.82 Å².